The highest BCUT2D eigenvalue weighted by atomic mass is 32.2. The number of amides is 4. The number of fused-ring (bicyclic) bond motifs is 5. The molecule has 1 aliphatic heterocycles. The SMILES string of the molecule is Cc1cc(-c2ccc(C(C)(C)C)cc2F)nc(N)c1C(=O)NC(CNS(N)(=O)=O)C(=O)N(C)[C@@H]1C(=O)N[C@@H](C)C(=O)N[C@H](C(=O)O)Cc2ccc(OCC(O)CN)c(c2)-c2cc1cc(OCC(O)CN)c2O. The lowest BCUT2D eigenvalue weighted by atomic mass is 9.86. The number of aliphatic carboxylic acids is 1. The molecule has 2 heterocycles. The molecule has 4 aromatic rings. The summed E-state index contributed by atoms with van der Waals surface area (Å²) in [5, 5.41) is 55.3. The maximum absolute atomic E-state index is 15.5. The van der Waals surface area contributed by atoms with Crippen molar-refractivity contribution in [3.05, 3.63) is 88.2 Å². The summed E-state index contributed by atoms with van der Waals surface area (Å²) in [6, 6.07) is 5.85. The Morgan fingerprint density at radius 2 is 1.57 bits per heavy atom. The molecule has 3 unspecified atom stereocenters. The number of likely N-dealkylation sites (N-methyl/N-ethyl adjacent to an activating group) is 1. The Balaban J connectivity index is 1.67. The molecule has 0 radical (unpaired) electrons. The van der Waals surface area contributed by atoms with Crippen LogP contribution >= 0.6 is 0 Å². The molecule has 0 fully saturated rings. The van der Waals surface area contributed by atoms with Gasteiger partial charge in [-0.1, -0.05) is 32.9 Å². The molecule has 72 heavy (non-hydrogen) atoms. The van der Waals surface area contributed by atoms with Gasteiger partial charge in [-0.15, -0.1) is 0 Å². The zero-order chi connectivity index (χ0) is 53.6. The summed E-state index contributed by atoms with van der Waals surface area (Å²) in [7, 11) is -3.47. The maximum Gasteiger partial charge on any atom is 0.326 e. The molecule has 0 aliphatic carbocycles. The van der Waals surface area contributed by atoms with Gasteiger partial charge in [0.25, 0.3) is 16.1 Å². The molecule has 390 valence electrons. The Morgan fingerprint density at radius 3 is 2.14 bits per heavy atom. The first kappa shape index (κ1) is 55.9. The number of anilines is 1. The standard InChI is InChI=1S/C47H61FN10O13S/c1-22-11-33(29-9-8-26(16-32(29)48)47(3,4)5)55-41(51)38(22)43(63)57-35(19-53-72(52,68)69)45(65)58(6)39-25-14-31(40(61)37(15-25)71-21-28(60)18-50)30-12-24(7-10-36(30)70-20-27(59)17-49)13-34(46(66)67)56-42(62)23(2)54-44(39)64/h7-12,14-16,23,27-28,34-35,39,53,59-61H,13,17-21,49-50H2,1-6H3,(H2,51,55)(H,54,64)(H,56,62)(H,57,63)(H,66,67)(H2,52,68,69)/t23-,27?,28?,34-,35?,39-/m0/s1. The third kappa shape index (κ3) is 13.7. The molecule has 1 aromatic heterocycles. The van der Waals surface area contributed by atoms with Crippen molar-refractivity contribution in [1.29, 1.82) is 0 Å². The van der Waals surface area contributed by atoms with Crippen LogP contribution in [0, 0.1) is 12.7 Å². The first-order chi connectivity index (χ1) is 33.6. The van der Waals surface area contributed by atoms with E-state index in [2.05, 4.69) is 20.9 Å². The van der Waals surface area contributed by atoms with Gasteiger partial charge in [0.05, 0.1) is 11.3 Å². The Morgan fingerprint density at radius 1 is 0.931 bits per heavy atom. The molecular weight excluding hydrogens is 964 g/mol. The molecule has 4 amide bonds. The number of aryl methyl sites for hydroxylation is 1. The van der Waals surface area contributed by atoms with E-state index in [0.29, 0.717) is 5.56 Å². The van der Waals surface area contributed by atoms with Crippen molar-refractivity contribution in [3.8, 4) is 39.6 Å². The van der Waals surface area contributed by atoms with E-state index in [9.17, 15) is 52.8 Å². The van der Waals surface area contributed by atoms with Crippen LogP contribution in [0.5, 0.6) is 17.2 Å². The number of nitrogens with zero attached hydrogens (tertiary/aromatic N) is 2. The predicted molar refractivity (Wildman–Crippen MR) is 261 cm³/mol. The second kappa shape index (κ2) is 23.0. The van der Waals surface area contributed by atoms with Gasteiger partial charge in [0, 0.05) is 49.8 Å². The number of aromatic hydroxyl groups is 1. The van der Waals surface area contributed by atoms with Crippen LogP contribution < -0.4 is 52.5 Å². The summed E-state index contributed by atoms with van der Waals surface area (Å²) in [4.78, 5) is 74.9. The molecule has 5 rings (SSSR count). The van der Waals surface area contributed by atoms with E-state index in [0.717, 1.165) is 18.0 Å². The Hall–Kier alpha value is -7.00. The highest BCUT2D eigenvalue weighted by Crippen LogP contribution is 2.45. The lowest BCUT2D eigenvalue weighted by Gasteiger charge is -2.33. The zero-order valence-corrected chi connectivity index (χ0v) is 41.2. The first-order valence-corrected chi connectivity index (χ1v) is 24.0. The minimum Gasteiger partial charge on any atom is -0.504 e. The van der Waals surface area contributed by atoms with Crippen LogP contribution in [0.25, 0.3) is 22.4 Å². The fourth-order valence-electron chi connectivity index (χ4n) is 7.62. The number of carbonyl (C=O) groups is 5. The topological polar surface area (TPSA) is 387 Å². The van der Waals surface area contributed by atoms with Crippen LogP contribution in [0.3, 0.4) is 0 Å². The van der Waals surface area contributed by atoms with Gasteiger partial charge in [-0.2, -0.15) is 13.1 Å². The molecule has 1 aliphatic rings. The molecule has 23 nitrogen and oxygen atoms in total. The highest BCUT2D eigenvalue weighted by Gasteiger charge is 2.38. The molecule has 3 aromatic carbocycles. The van der Waals surface area contributed by atoms with Gasteiger partial charge in [0.15, 0.2) is 11.5 Å². The zero-order valence-electron chi connectivity index (χ0n) is 40.4. The van der Waals surface area contributed by atoms with Gasteiger partial charge < -0.3 is 68.0 Å². The number of ether oxygens (including phenoxy) is 2. The summed E-state index contributed by atoms with van der Waals surface area (Å²) in [5.74, 6) is -7.74. The Labute approximate surface area is 414 Å². The molecule has 4 bridgehead atoms. The van der Waals surface area contributed by atoms with Crippen molar-refractivity contribution in [3.63, 3.8) is 0 Å². The average Bonchev–Trinajstić information content (AvgIpc) is 3.30. The van der Waals surface area contributed by atoms with Crippen molar-refractivity contribution in [2.75, 3.05) is 45.6 Å². The molecule has 16 N–H and O–H groups in total. The number of pyridine rings is 1. The number of nitrogens with one attached hydrogen (secondary N) is 4. The normalized spacial score (nSPS) is 17.6. The third-order valence-electron chi connectivity index (χ3n) is 11.6. The van der Waals surface area contributed by atoms with E-state index in [1.807, 2.05) is 25.5 Å². The molecule has 0 spiro atoms. The van der Waals surface area contributed by atoms with Gasteiger partial charge in [0.2, 0.25) is 17.7 Å². The van der Waals surface area contributed by atoms with Gasteiger partial charge >= 0.3 is 5.97 Å². The van der Waals surface area contributed by atoms with Crippen LogP contribution in [0.2, 0.25) is 0 Å². The summed E-state index contributed by atoms with van der Waals surface area (Å²) >= 11 is 0. The summed E-state index contributed by atoms with van der Waals surface area (Å²) in [5.41, 5.74) is 17.9. The van der Waals surface area contributed by atoms with Crippen LogP contribution in [-0.4, -0.2) is 139 Å². The largest absolute Gasteiger partial charge is 0.504 e. The van der Waals surface area contributed by atoms with Crippen molar-refractivity contribution < 1.29 is 66.7 Å². The van der Waals surface area contributed by atoms with Gasteiger partial charge in [0.1, 0.15) is 67.0 Å². The van der Waals surface area contributed by atoms with Gasteiger partial charge in [-0.25, -0.2) is 19.3 Å². The number of nitrogen functional groups attached to an aromatic ring is 1. The lowest BCUT2D eigenvalue weighted by Crippen LogP contribution is -2.57. The van der Waals surface area contributed by atoms with E-state index in [1.54, 1.807) is 6.07 Å². The Bertz CT molecular complexity index is 2810. The second-order valence-electron chi connectivity index (χ2n) is 18.3. The number of phenols is 1. The van der Waals surface area contributed by atoms with Gasteiger partial charge in [-0.3, -0.25) is 19.2 Å². The Kier molecular flexibility index (Phi) is 17.9. The predicted octanol–water partition coefficient (Wildman–Crippen LogP) is -0.433. The summed E-state index contributed by atoms with van der Waals surface area (Å²) in [6.45, 7) is 6.19. The summed E-state index contributed by atoms with van der Waals surface area (Å²) in [6.07, 6.45) is -2.75. The number of aliphatic hydroxyl groups is 2. The quantitative estimate of drug-likeness (QED) is 0.0638. The van der Waals surface area contributed by atoms with Gasteiger partial charge in [-0.05, 0) is 84.0 Å². The lowest BCUT2D eigenvalue weighted by molar-refractivity contribution is -0.143. The maximum atomic E-state index is 15.5. The number of carboxylic acid groups (broad SMARTS) is 1. The second-order valence-corrected chi connectivity index (χ2v) is 19.7. The molecule has 0 saturated carbocycles. The van der Waals surface area contributed by atoms with E-state index < -0.39 is 107 Å². The van der Waals surface area contributed by atoms with Crippen molar-refractivity contribution in [2.24, 2.45) is 16.6 Å². The number of aromatic nitrogens is 1. The molecule has 25 heteroatoms. The van der Waals surface area contributed by atoms with Crippen LogP contribution in [0.15, 0.2) is 54.6 Å². The fraction of sp³-hybridized carbons (Fsp3) is 0.404. The fourth-order valence-corrected chi connectivity index (χ4v) is 8.01. The van der Waals surface area contributed by atoms with Crippen LogP contribution in [0.4, 0.5) is 10.2 Å². The van der Waals surface area contributed by atoms with E-state index in [1.165, 1.54) is 56.3 Å². The number of carboxylic acids is 1. The molecule has 6 atom stereocenters. The average molecular weight is 1030 g/mol. The summed E-state index contributed by atoms with van der Waals surface area (Å²) < 4.78 is 53.7. The molecular formula is C47H61FN10O13S. The number of carbonyl (C=O) groups excluding carboxylic acids is 4. The minimum atomic E-state index is -4.57. The van der Waals surface area contributed by atoms with E-state index in [-0.39, 0.29) is 87.7 Å². The van der Waals surface area contributed by atoms with Crippen molar-refractivity contribution >= 4 is 45.6 Å². The number of nitrogens with two attached hydrogens (primary N) is 4. The number of hydrogen-bond acceptors (Lipinski definition) is 16. The van der Waals surface area contributed by atoms with Crippen molar-refractivity contribution in [2.45, 2.75) is 82.8 Å². The van der Waals surface area contributed by atoms with E-state index in [4.69, 9.17) is 31.8 Å². The number of phenolic OH excluding ortho intramolecular Hbond substituents is 1. The van der Waals surface area contributed by atoms with Crippen molar-refractivity contribution in [1.82, 2.24) is 30.6 Å². The number of aliphatic hydroxyl groups excluding tert-OH is 2. The van der Waals surface area contributed by atoms with E-state index >= 15 is 4.39 Å². The first-order valence-electron chi connectivity index (χ1n) is 22.4. The highest BCUT2D eigenvalue weighted by molar-refractivity contribution is 7.87. The number of halogens is 1. The smallest absolute Gasteiger partial charge is 0.326 e. The molecule has 0 saturated heterocycles. The monoisotopic (exact) mass is 1020 g/mol. The van der Waals surface area contributed by atoms with Crippen LogP contribution in [-0.2, 0) is 41.2 Å². The number of benzene rings is 3. The number of rotatable bonds is 17. The van der Waals surface area contributed by atoms with Crippen LogP contribution in [0.1, 0.15) is 66.3 Å². The number of hydrogen-bond donors (Lipinski definition) is 12. The third-order valence-corrected chi connectivity index (χ3v) is 12.2. The minimum absolute atomic E-state index is 0.00814.